The Balaban J connectivity index is 0.00000529. The zero-order valence-corrected chi connectivity index (χ0v) is 17.4. The van der Waals surface area contributed by atoms with Crippen molar-refractivity contribution in [3.05, 3.63) is 24.2 Å². The van der Waals surface area contributed by atoms with Gasteiger partial charge in [-0.25, -0.2) is 8.42 Å². The number of ether oxygens (including phenoxy) is 1. The first kappa shape index (κ1) is 23.2. The van der Waals surface area contributed by atoms with Gasteiger partial charge in [0.25, 0.3) is 0 Å². The summed E-state index contributed by atoms with van der Waals surface area (Å²) >= 11 is 0. The molecule has 0 amide bonds. The minimum atomic E-state index is -2.91. The lowest BCUT2D eigenvalue weighted by Crippen LogP contribution is -2.38. The molecule has 0 aliphatic rings. The van der Waals surface area contributed by atoms with Gasteiger partial charge in [0.05, 0.1) is 12.0 Å². The summed E-state index contributed by atoms with van der Waals surface area (Å²) < 4.78 is 32.8. The topological polar surface area (TPSA) is 92.9 Å². The largest absolute Gasteiger partial charge is 0.467 e. The van der Waals surface area contributed by atoms with Gasteiger partial charge in [-0.1, -0.05) is 0 Å². The minimum Gasteiger partial charge on any atom is -0.467 e. The molecular weight excluding hydrogens is 445 g/mol. The number of rotatable bonds is 11. The molecule has 0 aliphatic heterocycles. The number of nitrogens with zero attached hydrogens (tertiary/aromatic N) is 1. The average molecular weight is 473 g/mol. The van der Waals surface area contributed by atoms with Crippen LogP contribution in [0.3, 0.4) is 0 Å². The zero-order valence-electron chi connectivity index (χ0n) is 14.3. The van der Waals surface area contributed by atoms with Crippen molar-refractivity contribution in [3.8, 4) is 0 Å². The molecule has 0 aromatic carbocycles. The number of hydrogen-bond donors (Lipinski definition) is 2. The van der Waals surface area contributed by atoms with Crippen LogP contribution in [0.25, 0.3) is 0 Å². The van der Waals surface area contributed by atoms with Crippen LogP contribution >= 0.6 is 24.0 Å². The maximum atomic E-state index is 11.1. The van der Waals surface area contributed by atoms with Crippen LogP contribution in [0.5, 0.6) is 0 Å². The van der Waals surface area contributed by atoms with Crippen LogP contribution in [0, 0.1) is 0 Å². The molecule has 7 nitrogen and oxygen atoms in total. The van der Waals surface area contributed by atoms with Gasteiger partial charge in [-0.3, -0.25) is 4.99 Å². The highest BCUT2D eigenvalue weighted by molar-refractivity contribution is 14.0. The molecule has 0 unspecified atom stereocenters. The lowest BCUT2D eigenvalue weighted by atomic mass is 10.4. The van der Waals surface area contributed by atoms with Crippen molar-refractivity contribution in [1.29, 1.82) is 0 Å². The molecule has 1 aromatic heterocycles. The summed E-state index contributed by atoms with van der Waals surface area (Å²) in [5.74, 6) is 1.68. The molecule has 140 valence electrons. The quantitative estimate of drug-likeness (QED) is 0.220. The molecule has 0 fully saturated rings. The van der Waals surface area contributed by atoms with E-state index in [1.165, 1.54) is 6.26 Å². The molecule has 0 radical (unpaired) electrons. The SMILES string of the molecule is CCNC(=NCCCS(C)(=O)=O)NCCCOCc1ccco1.I. The van der Waals surface area contributed by atoms with E-state index in [9.17, 15) is 8.42 Å². The van der Waals surface area contributed by atoms with Crippen molar-refractivity contribution >= 4 is 39.8 Å². The Labute approximate surface area is 161 Å². The summed E-state index contributed by atoms with van der Waals surface area (Å²) in [7, 11) is -2.91. The fourth-order valence-electron chi connectivity index (χ4n) is 1.81. The summed E-state index contributed by atoms with van der Waals surface area (Å²) in [4.78, 5) is 4.35. The third-order valence-electron chi connectivity index (χ3n) is 2.87. The first-order chi connectivity index (χ1) is 11.0. The normalized spacial score (nSPS) is 11.8. The second kappa shape index (κ2) is 13.5. The second-order valence-electron chi connectivity index (χ2n) is 5.16. The monoisotopic (exact) mass is 473 g/mol. The Hall–Kier alpha value is -0.810. The third kappa shape index (κ3) is 12.6. The number of nitrogens with one attached hydrogen (secondary N) is 2. The Morgan fingerprint density at radius 1 is 1.33 bits per heavy atom. The van der Waals surface area contributed by atoms with Crippen LogP contribution in [0.4, 0.5) is 0 Å². The third-order valence-corrected chi connectivity index (χ3v) is 3.90. The minimum absolute atomic E-state index is 0. The van der Waals surface area contributed by atoms with E-state index in [-0.39, 0.29) is 29.7 Å². The highest BCUT2D eigenvalue weighted by Gasteiger charge is 2.02. The van der Waals surface area contributed by atoms with Gasteiger partial charge in [0.15, 0.2) is 5.96 Å². The van der Waals surface area contributed by atoms with E-state index in [4.69, 9.17) is 9.15 Å². The predicted octanol–water partition coefficient (Wildman–Crippen LogP) is 1.79. The first-order valence-corrected chi connectivity index (χ1v) is 9.87. The Kier molecular flexibility index (Phi) is 13.0. The van der Waals surface area contributed by atoms with Crippen molar-refractivity contribution in [2.75, 3.05) is 38.2 Å². The van der Waals surface area contributed by atoms with E-state index >= 15 is 0 Å². The van der Waals surface area contributed by atoms with Crippen LogP contribution in [0.15, 0.2) is 27.8 Å². The van der Waals surface area contributed by atoms with Gasteiger partial charge in [-0.15, -0.1) is 24.0 Å². The van der Waals surface area contributed by atoms with Gasteiger partial charge in [0.2, 0.25) is 0 Å². The van der Waals surface area contributed by atoms with Crippen molar-refractivity contribution in [3.63, 3.8) is 0 Å². The second-order valence-corrected chi connectivity index (χ2v) is 7.42. The Bertz CT molecular complexity index is 547. The molecule has 0 spiro atoms. The van der Waals surface area contributed by atoms with E-state index in [0.29, 0.717) is 32.1 Å². The number of aliphatic imine (C=N–C) groups is 1. The van der Waals surface area contributed by atoms with E-state index in [1.807, 2.05) is 19.1 Å². The smallest absolute Gasteiger partial charge is 0.191 e. The molecular formula is C15H28IN3O4S. The van der Waals surface area contributed by atoms with Crippen LogP contribution in [-0.4, -0.2) is 52.6 Å². The van der Waals surface area contributed by atoms with Crippen LogP contribution in [-0.2, 0) is 21.2 Å². The molecule has 0 atom stereocenters. The van der Waals surface area contributed by atoms with Gasteiger partial charge < -0.3 is 19.8 Å². The summed E-state index contributed by atoms with van der Waals surface area (Å²) in [6.07, 6.45) is 4.24. The number of guanidine groups is 1. The lowest BCUT2D eigenvalue weighted by molar-refractivity contribution is 0.105. The van der Waals surface area contributed by atoms with E-state index in [2.05, 4.69) is 15.6 Å². The van der Waals surface area contributed by atoms with Gasteiger partial charge in [-0.05, 0) is 31.9 Å². The van der Waals surface area contributed by atoms with E-state index in [0.717, 1.165) is 25.3 Å². The van der Waals surface area contributed by atoms with Gasteiger partial charge in [-0.2, -0.15) is 0 Å². The van der Waals surface area contributed by atoms with Crippen molar-refractivity contribution in [2.24, 2.45) is 4.99 Å². The molecule has 0 aliphatic carbocycles. The highest BCUT2D eigenvalue weighted by Crippen LogP contribution is 2.01. The predicted molar refractivity (Wildman–Crippen MR) is 107 cm³/mol. The molecule has 9 heteroatoms. The number of furan rings is 1. The molecule has 0 saturated carbocycles. The van der Waals surface area contributed by atoms with Gasteiger partial charge in [0.1, 0.15) is 22.2 Å². The molecule has 1 rings (SSSR count). The fourth-order valence-corrected chi connectivity index (χ4v) is 2.46. The van der Waals surface area contributed by atoms with E-state index < -0.39 is 9.84 Å². The van der Waals surface area contributed by atoms with Crippen molar-refractivity contribution in [2.45, 2.75) is 26.4 Å². The number of halogens is 1. The number of sulfone groups is 1. The molecule has 0 saturated heterocycles. The maximum Gasteiger partial charge on any atom is 0.191 e. The molecule has 24 heavy (non-hydrogen) atoms. The maximum absolute atomic E-state index is 11.1. The Morgan fingerprint density at radius 3 is 2.75 bits per heavy atom. The average Bonchev–Trinajstić information content (AvgIpc) is 2.99. The van der Waals surface area contributed by atoms with Gasteiger partial charge in [0, 0.05) is 32.5 Å². The van der Waals surface area contributed by atoms with Gasteiger partial charge >= 0.3 is 0 Å². The van der Waals surface area contributed by atoms with Crippen molar-refractivity contribution < 1.29 is 17.6 Å². The van der Waals surface area contributed by atoms with Crippen molar-refractivity contribution in [1.82, 2.24) is 10.6 Å². The summed E-state index contributed by atoms with van der Waals surface area (Å²) in [5.41, 5.74) is 0. The first-order valence-electron chi connectivity index (χ1n) is 7.81. The highest BCUT2D eigenvalue weighted by atomic mass is 127. The Morgan fingerprint density at radius 2 is 2.12 bits per heavy atom. The summed E-state index contributed by atoms with van der Waals surface area (Å²) in [5, 5.41) is 6.33. The molecule has 1 aromatic rings. The van der Waals surface area contributed by atoms with Crippen LogP contribution < -0.4 is 10.6 Å². The fraction of sp³-hybridized carbons (Fsp3) is 0.667. The standard InChI is InChI=1S/C15H27N3O4S.HI/c1-3-16-15(18-9-6-12-23(2,19)20)17-8-5-10-21-13-14-7-4-11-22-14;/h4,7,11H,3,5-6,8-10,12-13H2,1-2H3,(H2,16,17,18);1H. The molecule has 2 N–H and O–H groups in total. The van der Waals surface area contributed by atoms with Crippen LogP contribution in [0.1, 0.15) is 25.5 Å². The van der Waals surface area contributed by atoms with Crippen LogP contribution in [0.2, 0.25) is 0 Å². The summed E-state index contributed by atoms with van der Waals surface area (Å²) in [6, 6.07) is 3.72. The molecule has 1 heterocycles. The molecule has 0 bridgehead atoms. The summed E-state index contributed by atoms with van der Waals surface area (Å²) in [6.45, 7) is 5.06. The number of hydrogen-bond acceptors (Lipinski definition) is 5. The zero-order chi connectivity index (χ0) is 17.0. The van der Waals surface area contributed by atoms with E-state index in [1.54, 1.807) is 6.26 Å². The lowest BCUT2D eigenvalue weighted by Gasteiger charge is -2.11.